The zero-order chi connectivity index (χ0) is 16.7. The first-order chi connectivity index (χ1) is 12.3. The zero-order valence-corrected chi connectivity index (χ0v) is 14.4. The second-order valence-electron chi connectivity index (χ2n) is 7.34. The predicted octanol–water partition coefficient (Wildman–Crippen LogP) is 3.20. The minimum atomic E-state index is 0.295. The Morgan fingerprint density at radius 1 is 1.04 bits per heavy atom. The van der Waals surface area contributed by atoms with Crippen LogP contribution in [0.4, 0.5) is 5.82 Å². The highest BCUT2D eigenvalue weighted by atomic mass is 15.3. The van der Waals surface area contributed by atoms with Crippen molar-refractivity contribution in [1.29, 1.82) is 0 Å². The Hall–Kier alpha value is -2.40. The molecule has 5 heteroatoms. The van der Waals surface area contributed by atoms with Gasteiger partial charge in [0, 0.05) is 31.4 Å². The monoisotopic (exact) mass is 333 g/mol. The zero-order valence-electron chi connectivity index (χ0n) is 14.4. The van der Waals surface area contributed by atoms with Gasteiger partial charge in [-0.05, 0) is 37.4 Å². The van der Waals surface area contributed by atoms with Crippen LogP contribution in [0.1, 0.15) is 24.8 Å². The van der Waals surface area contributed by atoms with Crippen LogP contribution in [0.15, 0.2) is 48.9 Å². The highest BCUT2D eigenvalue weighted by molar-refractivity contribution is 5.87. The van der Waals surface area contributed by atoms with E-state index >= 15 is 0 Å². The number of aromatic amines is 1. The lowest BCUT2D eigenvalue weighted by molar-refractivity contribution is 0.150. The van der Waals surface area contributed by atoms with E-state index in [1.165, 1.54) is 31.4 Å². The molecule has 2 aliphatic heterocycles. The van der Waals surface area contributed by atoms with Gasteiger partial charge in [0.05, 0.1) is 5.39 Å². The van der Waals surface area contributed by atoms with E-state index in [0.29, 0.717) is 5.54 Å². The Labute approximate surface area is 147 Å². The maximum absolute atomic E-state index is 4.60. The summed E-state index contributed by atoms with van der Waals surface area (Å²) in [7, 11) is 0. The topological polar surface area (TPSA) is 48.1 Å². The minimum absolute atomic E-state index is 0.295. The van der Waals surface area contributed by atoms with Gasteiger partial charge < -0.3 is 9.88 Å². The van der Waals surface area contributed by atoms with Crippen LogP contribution in [-0.4, -0.2) is 45.0 Å². The maximum atomic E-state index is 4.60. The molecule has 1 unspecified atom stereocenters. The molecule has 1 aromatic carbocycles. The lowest BCUT2D eigenvalue weighted by Gasteiger charge is -2.35. The van der Waals surface area contributed by atoms with E-state index in [4.69, 9.17) is 0 Å². The van der Waals surface area contributed by atoms with E-state index in [2.05, 4.69) is 61.1 Å². The van der Waals surface area contributed by atoms with Crippen molar-refractivity contribution < 1.29 is 0 Å². The van der Waals surface area contributed by atoms with Crippen LogP contribution in [0.5, 0.6) is 0 Å². The summed E-state index contributed by atoms with van der Waals surface area (Å²) < 4.78 is 0. The molecule has 5 nitrogen and oxygen atoms in total. The van der Waals surface area contributed by atoms with Crippen molar-refractivity contribution >= 4 is 16.9 Å². The molecule has 1 atom stereocenters. The highest BCUT2D eigenvalue weighted by Gasteiger charge is 2.46. The largest absolute Gasteiger partial charge is 0.354 e. The first kappa shape index (κ1) is 14.9. The van der Waals surface area contributed by atoms with E-state index < -0.39 is 0 Å². The quantitative estimate of drug-likeness (QED) is 0.800. The Morgan fingerprint density at radius 2 is 1.96 bits per heavy atom. The summed E-state index contributed by atoms with van der Waals surface area (Å²) in [6.45, 7) is 4.39. The normalized spacial score (nSPS) is 23.9. The van der Waals surface area contributed by atoms with Crippen LogP contribution in [0.25, 0.3) is 11.0 Å². The number of benzene rings is 1. The van der Waals surface area contributed by atoms with Crippen LogP contribution in [0, 0.1) is 0 Å². The number of hydrogen-bond donors (Lipinski definition) is 1. The molecule has 2 aliphatic rings. The standard InChI is InChI=1S/C20H23N5/c1-2-5-16(6-3-1)13-25-11-4-8-20(25)9-12-24(14-20)19-17-7-10-21-18(17)22-15-23-19/h1-3,5-7,10,15H,4,8-9,11-14H2,(H,21,22,23). The second-order valence-corrected chi connectivity index (χ2v) is 7.34. The Kier molecular flexibility index (Phi) is 3.48. The Morgan fingerprint density at radius 3 is 2.88 bits per heavy atom. The van der Waals surface area contributed by atoms with Crippen LogP contribution in [-0.2, 0) is 6.54 Å². The van der Waals surface area contributed by atoms with Crippen molar-refractivity contribution in [2.45, 2.75) is 31.3 Å². The molecule has 2 aromatic heterocycles. The van der Waals surface area contributed by atoms with Gasteiger partial charge in [-0.25, -0.2) is 9.97 Å². The number of H-pyrrole nitrogens is 1. The van der Waals surface area contributed by atoms with Gasteiger partial charge in [-0.2, -0.15) is 0 Å². The smallest absolute Gasteiger partial charge is 0.142 e. The lowest BCUT2D eigenvalue weighted by Crippen LogP contribution is -2.45. The fourth-order valence-corrected chi connectivity index (χ4v) is 4.65. The van der Waals surface area contributed by atoms with E-state index in [-0.39, 0.29) is 0 Å². The van der Waals surface area contributed by atoms with E-state index in [1.807, 2.05) is 6.20 Å². The van der Waals surface area contributed by atoms with Gasteiger partial charge in [0.2, 0.25) is 0 Å². The van der Waals surface area contributed by atoms with Gasteiger partial charge in [0.1, 0.15) is 17.8 Å². The molecule has 1 N–H and O–H groups in total. The molecule has 1 spiro atoms. The van der Waals surface area contributed by atoms with Crippen molar-refractivity contribution in [2.75, 3.05) is 24.5 Å². The Bertz CT molecular complexity index is 874. The van der Waals surface area contributed by atoms with E-state index in [1.54, 1.807) is 6.33 Å². The minimum Gasteiger partial charge on any atom is -0.354 e. The number of fused-ring (bicyclic) bond motifs is 1. The first-order valence-corrected chi connectivity index (χ1v) is 9.16. The molecule has 128 valence electrons. The average molecular weight is 333 g/mol. The van der Waals surface area contributed by atoms with Gasteiger partial charge in [-0.3, -0.25) is 4.90 Å². The van der Waals surface area contributed by atoms with Gasteiger partial charge >= 0.3 is 0 Å². The fourth-order valence-electron chi connectivity index (χ4n) is 4.65. The van der Waals surface area contributed by atoms with Gasteiger partial charge in [0.25, 0.3) is 0 Å². The molecule has 3 aromatic rings. The molecule has 25 heavy (non-hydrogen) atoms. The molecule has 2 saturated heterocycles. The molecule has 0 bridgehead atoms. The molecule has 2 fully saturated rings. The number of nitrogens with zero attached hydrogens (tertiary/aromatic N) is 4. The van der Waals surface area contributed by atoms with Gasteiger partial charge in [-0.1, -0.05) is 30.3 Å². The van der Waals surface area contributed by atoms with E-state index in [9.17, 15) is 0 Å². The van der Waals surface area contributed by atoms with Crippen molar-refractivity contribution in [3.63, 3.8) is 0 Å². The molecule has 4 heterocycles. The fraction of sp³-hybridized carbons (Fsp3) is 0.400. The first-order valence-electron chi connectivity index (χ1n) is 9.16. The van der Waals surface area contributed by atoms with Crippen LogP contribution < -0.4 is 4.90 Å². The van der Waals surface area contributed by atoms with Gasteiger partial charge in [0.15, 0.2) is 0 Å². The second kappa shape index (κ2) is 5.85. The van der Waals surface area contributed by atoms with Crippen molar-refractivity contribution in [1.82, 2.24) is 19.9 Å². The van der Waals surface area contributed by atoms with Gasteiger partial charge in [-0.15, -0.1) is 0 Å². The summed E-state index contributed by atoms with van der Waals surface area (Å²) >= 11 is 0. The number of aromatic nitrogens is 3. The Balaban J connectivity index is 1.41. The summed E-state index contributed by atoms with van der Waals surface area (Å²) in [5.41, 5.74) is 2.64. The summed E-state index contributed by atoms with van der Waals surface area (Å²) in [5.74, 6) is 1.08. The predicted molar refractivity (Wildman–Crippen MR) is 99.5 cm³/mol. The number of rotatable bonds is 3. The summed E-state index contributed by atoms with van der Waals surface area (Å²) in [6.07, 6.45) is 7.43. The molecular weight excluding hydrogens is 310 g/mol. The highest BCUT2D eigenvalue weighted by Crippen LogP contribution is 2.40. The van der Waals surface area contributed by atoms with Crippen molar-refractivity contribution in [3.05, 3.63) is 54.5 Å². The molecule has 5 rings (SSSR count). The molecule has 0 aliphatic carbocycles. The van der Waals surface area contributed by atoms with Crippen LogP contribution in [0.2, 0.25) is 0 Å². The SMILES string of the molecule is c1ccc(CN2CCCC23CCN(c2ncnc4[nH]ccc24)C3)cc1. The average Bonchev–Trinajstić information content (AvgIpc) is 3.37. The number of nitrogens with one attached hydrogen (secondary N) is 1. The number of hydrogen-bond acceptors (Lipinski definition) is 4. The summed E-state index contributed by atoms with van der Waals surface area (Å²) in [6, 6.07) is 13.0. The third kappa shape index (κ3) is 2.50. The van der Waals surface area contributed by atoms with Crippen LogP contribution in [0.3, 0.4) is 0 Å². The molecule has 0 saturated carbocycles. The van der Waals surface area contributed by atoms with E-state index in [0.717, 1.165) is 36.5 Å². The summed E-state index contributed by atoms with van der Waals surface area (Å²) in [4.78, 5) is 17.3. The number of anilines is 1. The van der Waals surface area contributed by atoms with Crippen molar-refractivity contribution in [2.24, 2.45) is 0 Å². The molecule has 0 radical (unpaired) electrons. The van der Waals surface area contributed by atoms with Crippen LogP contribution >= 0.6 is 0 Å². The third-order valence-corrected chi connectivity index (χ3v) is 5.92. The third-order valence-electron chi connectivity index (χ3n) is 5.92. The maximum Gasteiger partial charge on any atom is 0.142 e. The molecule has 0 amide bonds. The number of likely N-dealkylation sites (tertiary alicyclic amines) is 1. The summed E-state index contributed by atoms with van der Waals surface area (Å²) in [5, 5.41) is 1.13. The lowest BCUT2D eigenvalue weighted by atomic mass is 9.94. The van der Waals surface area contributed by atoms with Crippen molar-refractivity contribution in [3.8, 4) is 0 Å². The molecular formula is C20H23N5.